The molecule has 3 aromatic rings. The van der Waals surface area contributed by atoms with E-state index in [1.807, 2.05) is 54.3 Å². The quantitative estimate of drug-likeness (QED) is 0.625. The normalized spacial score (nSPS) is 15.3. The lowest BCUT2D eigenvalue weighted by Crippen LogP contribution is -2.37. The molecular formula is C23H23NO3. The molecule has 27 heavy (non-hydrogen) atoms. The maximum atomic E-state index is 12.7. The van der Waals surface area contributed by atoms with Gasteiger partial charge in [0.2, 0.25) is 0 Å². The fraction of sp³-hybridized carbons (Fsp3) is 0.304. The minimum atomic E-state index is -0.339. The molecule has 0 saturated carbocycles. The van der Waals surface area contributed by atoms with Gasteiger partial charge in [-0.3, -0.25) is 4.79 Å². The first-order valence-electron chi connectivity index (χ1n) is 9.45. The fourth-order valence-electron chi connectivity index (χ4n) is 3.70. The number of benzene rings is 2. The number of aryl methyl sites for hydroxylation is 1. The van der Waals surface area contributed by atoms with Crippen LogP contribution in [0.5, 0.6) is 0 Å². The predicted molar refractivity (Wildman–Crippen MR) is 107 cm³/mol. The second-order valence-electron chi connectivity index (χ2n) is 7.51. The Labute approximate surface area is 158 Å². The van der Waals surface area contributed by atoms with Crippen LogP contribution in [-0.2, 0) is 0 Å². The van der Waals surface area contributed by atoms with Crippen LogP contribution in [0.3, 0.4) is 0 Å². The van der Waals surface area contributed by atoms with Gasteiger partial charge in [-0.2, -0.15) is 0 Å². The van der Waals surface area contributed by atoms with Crippen molar-refractivity contribution in [1.29, 1.82) is 0 Å². The van der Waals surface area contributed by atoms with Gasteiger partial charge in [-0.25, -0.2) is 4.79 Å². The van der Waals surface area contributed by atoms with E-state index in [1.165, 1.54) is 6.07 Å². The van der Waals surface area contributed by atoms with E-state index in [0.29, 0.717) is 11.5 Å². The maximum Gasteiger partial charge on any atom is 0.336 e. The zero-order chi connectivity index (χ0) is 19.0. The summed E-state index contributed by atoms with van der Waals surface area (Å²) in [5.41, 5.74) is 3.82. The monoisotopic (exact) mass is 361 g/mol. The summed E-state index contributed by atoms with van der Waals surface area (Å²) in [4.78, 5) is 26.3. The third-order valence-corrected chi connectivity index (χ3v) is 5.49. The molecule has 0 aliphatic carbocycles. The molecule has 4 nitrogen and oxygen atoms in total. The first-order chi connectivity index (χ1) is 13.0. The second-order valence-corrected chi connectivity index (χ2v) is 7.51. The van der Waals surface area contributed by atoms with Gasteiger partial charge in [0.25, 0.3) is 5.91 Å². The summed E-state index contributed by atoms with van der Waals surface area (Å²) in [6, 6.07) is 15.0. The van der Waals surface area contributed by atoms with Crippen LogP contribution in [0.4, 0.5) is 0 Å². The van der Waals surface area contributed by atoms with Crippen LogP contribution in [-0.4, -0.2) is 23.9 Å². The summed E-state index contributed by atoms with van der Waals surface area (Å²) in [6.07, 6.45) is 2.15. The van der Waals surface area contributed by atoms with Crippen molar-refractivity contribution in [2.75, 3.05) is 13.1 Å². The number of hydrogen-bond donors (Lipinski definition) is 0. The molecule has 0 spiro atoms. The van der Waals surface area contributed by atoms with E-state index in [4.69, 9.17) is 4.42 Å². The van der Waals surface area contributed by atoms with Crippen LogP contribution in [0.15, 0.2) is 57.7 Å². The molecule has 0 radical (unpaired) electrons. The molecule has 2 heterocycles. The highest BCUT2D eigenvalue weighted by molar-refractivity contribution is 5.95. The number of fused-ring (bicyclic) bond motifs is 1. The van der Waals surface area contributed by atoms with Gasteiger partial charge in [-0.05, 0) is 60.6 Å². The molecule has 1 aliphatic rings. The van der Waals surface area contributed by atoms with Gasteiger partial charge in [0, 0.05) is 30.1 Å². The summed E-state index contributed by atoms with van der Waals surface area (Å²) in [5.74, 6) is 0.807. The lowest BCUT2D eigenvalue weighted by molar-refractivity contribution is 0.0697. The molecule has 4 heteroatoms. The Morgan fingerprint density at radius 2 is 1.67 bits per heavy atom. The fourth-order valence-corrected chi connectivity index (χ4v) is 3.70. The van der Waals surface area contributed by atoms with Crippen LogP contribution < -0.4 is 5.63 Å². The van der Waals surface area contributed by atoms with Gasteiger partial charge in [0.15, 0.2) is 0 Å². The van der Waals surface area contributed by atoms with Crippen molar-refractivity contribution in [3.8, 4) is 11.1 Å². The van der Waals surface area contributed by atoms with Crippen molar-refractivity contribution >= 4 is 16.9 Å². The number of likely N-dealkylation sites (tertiary alicyclic amines) is 1. The lowest BCUT2D eigenvalue weighted by atomic mass is 9.98. The smallest absolute Gasteiger partial charge is 0.336 e. The topological polar surface area (TPSA) is 50.5 Å². The molecule has 2 aromatic carbocycles. The largest absolute Gasteiger partial charge is 0.423 e. The van der Waals surface area contributed by atoms with E-state index in [0.717, 1.165) is 53.6 Å². The highest BCUT2D eigenvalue weighted by atomic mass is 16.4. The Hall–Kier alpha value is -2.88. The standard InChI is InChI=1S/C23H23NO3/c1-15-9-11-24(12-10-15)23(26)18-5-3-17(4-6-18)19-7-8-20-16(2)13-22(25)27-21(20)14-19/h3-8,13-15H,9-12H2,1-2H3. The first kappa shape index (κ1) is 17.5. The van der Waals surface area contributed by atoms with Crippen LogP contribution in [0, 0.1) is 12.8 Å². The number of carbonyl (C=O) groups is 1. The Bertz CT molecular complexity index is 1040. The summed E-state index contributed by atoms with van der Waals surface area (Å²) in [5, 5.41) is 0.935. The first-order valence-corrected chi connectivity index (χ1v) is 9.45. The summed E-state index contributed by atoms with van der Waals surface area (Å²) in [7, 11) is 0. The van der Waals surface area contributed by atoms with Crippen molar-refractivity contribution in [3.63, 3.8) is 0 Å². The van der Waals surface area contributed by atoms with Gasteiger partial charge in [0.1, 0.15) is 5.58 Å². The third kappa shape index (κ3) is 3.52. The van der Waals surface area contributed by atoms with Gasteiger partial charge in [-0.15, -0.1) is 0 Å². The highest BCUT2D eigenvalue weighted by Gasteiger charge is 2.21. The van der Waals surface area contributed by atoms with Gasteiger partial charge < -0.3 is 9.32 Å². The number of hydrogen-bond acceptors (Lipinski definition) is 3. The number of carbonyl (C=O) groups excluding carboxylic acids is 1. The molecule has 0 atom stereocenters. The molecule has 138 valence electrons. The molecule has 1 fully saturated rings. The maximum absolute atomic E-state index is 12.7. The van der Waals surface area contributed by atoms with Crippen LogP contribution in [0.2, 0.25) is 0 Å². The predicted octanol–water partition coefficient (Wildman–Crippen LogP) is 4.64. The average molecular weight is 361 g/mol. The summed E-state index contributed by atoms with van der Waals surface area (Å²) in [6.45, 7) is 5.82. The minimum absolute atomic E-state index is 0.105. The highest BCUT2D eigenvalue weighted by Crippen LogP contribution is 2.26. The van der Waals surface area contributed by atoms with Gasteiger partial charge in [-0.1, -0.05) is 31.2 Å². The molecule has 0 N–H and O–H groups in total. The number of piperidine rings is 1. The van der Waals surface area contributed by atoms with Crippen molar-refractivity contribution < 1.29 is 9.21 Å². The van der Waals surface area contributed by atoms with E-state index in [-0.39, 0.29) is 11.5 Å². The van der Waals surface area contributed by atoms with E-state index in [9.17, 15) is 9.59 Å². The number of rotatable bonds is 2. The minimum Gasteiger partial charge on any atom is -0.423 e. The Kier molecular flexibility index (Phi) is 4.56. The molecule has 1 saturated heterocycles. The van der Waals surface area contributed by atoms with Crippen molar-refractivity contribution in [2.45, 2.75) is 26.7 Å². The number of amides is 1. The van der Waals surface area contributed by atoms with Crippen LogP contribution in [0.1, 0.15) is 35.7 Å². The van der Waals surface area contributed by atoms with Crippen molar-refractivity contribution in [2.24, 2.45) is 5.92 Å². The van der Waals surface area contributed by atoms with Gasteiger partial charge >= 0.3 is 5.63 Å². The number of nitrogens with zero attached hydrogens (tertiary/aromatic N) is 1. The van der Waals surface area contributed by atoms with E-state index >= 15 is 0 Å². The van der Waals surface area contributed by atoms with E-state index < -0.39 is 0 Å². The van der Waals surface area contributed by atoms with E-state index in [1.54, 1.807) is 0 Å². The molecular weight excluding hydrogens is 338 g/mol. The zero-order valence-electron chi connectivity index (χ0n) is 15.7. The molecule has 1 aromatic heterocycles. The second kappa shape index (κ2) is 7.03. The molecule has 0 bridgehead atoms. The average Bonchev–Trinajstić information content (AvgIpc) is 2.67. The van der Waals surface area contributed by atoms with Crippen LogP contribution >= 0.6 is 0 Å². The van der Waals surface area contributed by atoms with E-state index in [2.05, 4.69) is 6.92 Å². The van der Waals surface area contributed by atoms with Crippen LogP contribution in [0.25, 0.3) is 22.1 Å². The molecule has 0 unspecified atom stereocenters. The Balaban J connectivity index is 1.59. The zero-order valence-corrected chi connectivity index (χ0v) is 15.7. The molecule has 1 amide bonds. The summed E-state index contributed by atoms with van der Waals surface area (Å²) >= 11 is 0. The van der Waals surface area contributed by atoms with Gasteiger partial charge in [0.05, 0.1) is 0 Å². The van der Waals surface area contributed by atoms with Crippen molar-refractivity contribution in [3.05, 3.63) is 70.1 Å². The Morgan fingerprint density at radius 3 is 2.37 bits per heavy atom. The van der Waals surface area contributed by atoms with Crippen molar-refractivity contribution in [1.82, 2.24) is 4.90 Å². The summed E-state index contributed by atoms with van der Waals surface area (Å²) < 4.78 is 5.34. The Morgan fingerprint density at radius 1 is 1.00 bits per heavy atom. The molecule has 4 rings (SSSR count). The lowest BCUT2D eigenvalue weighted by Gasteiger charge is -2.30. The molecule has 1 aliphatic heterocycles. The SMILES string of the molecule is Cc1cc(=O)oc2cc(-c3ccc(C(=O)N4CCC(C)CC4)cc3)ccc12. The third-order valence-electron chi connectivity index (χ3n) is 5.49.